The quantitative estimate of drug-likeness (QED) is 0.671. The van der Waals surface area contributed by atoms with E-state index in [0.717, 1.165) is 0 Å². The lowest BCUT2D eigenvalue weighted by Gasteiger charge is -1.82. The molecule has 0 aliphatic carbocycles. The van der Waals surface area contributed by atoms with Gasteiger partial charge in [0.1, 0.15) is 11.5 Å². The zero-order valence-corrected chi connectivity index (χ0v) is 10.7. The van der Waals surface area contributed by atoms with Gasteiger partial charge < -0.3 is 15.3 Å². The fourth-order valence-corrected chi connectivity index (χ4v) is 0.856. The largest absolute Gasteiger partial charge is 0.508 e. The van der Waals surface area contributed by atoms with Gasteiger partial charge in [0.15, 0.2) is 0 Å². The molecule has 0 heterocycles. The molecule has 0 aliphatic heterocycles. The second-order valence-electron chi connectivity index (χ2n) is 3.76. The lowest BCUT2D eigenvalue weighted by molar-refractivity contribution is 0.216. The maximum atomic E-state index is 8.63. The van der Waals surface area contributed by atoms with Crippen molar-refractivity contribution in [2.24, 2.45) is 0 Å². The number of benzene rings is 2. The highest BCUT2D eigenvalue weighted by molar-refractivity contribution is 5.19. The number of aromatic hydroxyl groups is 2. The van der Waals surface area contributed by atoms with Crippen LogP contribution in [0.3, 0.4) is 0 Å². The molecule has 3 N–H and O–H groups in total. The average Bonchev–Trinajstić information content (AvgIpc) is 2.31. The first-order chi connectivity index (χ1) is 8.52. The summed E-state index contributed by atoms with van der Waals surface area (Å²) < 4.78 is 0. The summed E-state index contributed by atoms with van der Waals surface area (Å²) in [6, 6.07) is 17.4. The molecule has 2 aromatic carbocycles. The summed E-state index contributed by atoms with van der Waals surface area (Å²) in [5.74, 6) is 0.644. The van der Waals surface area contributed by atoms with Crippen molar-refractivity contribution in [3.05, 3.63) is 60.7 Å². The van der Waals surface area contributed by atoms with Crippen molar-refractivity contribution in [3.63, 3.8) is 0 Å². The summed E-state index contributed by atoms with van der Waals surface area (Å²) in [7, 11) is 0. The molecule has 0 aliphatic rings. The van der Waals surface area contributed by atoms with E-state index in [9.17, 15) is 0 Å². The van der Waals surface area contributed by atoms with Crippen molar-refractivity contribution in [1.29, 1.82) is 0 Å². The van der Waals surface area contributed by atoms with Crippen LogP contribution in [0, 0.1) is 0 Å². The first kappa shape index (κ1) is 16.0. The van der Waals surface area contributed by atoms with Crippen LogP contribution in [-0.4, -0.2) is 21.4 Å². The molecule has 0 spiro atoms. The molecule has 0 unspecified atom stereocenters. The van der Waals surface area contributed by atoms with Gasteiger partial charge in [-0.05, 0) is 38.1 Å². The molecule has 0 aromatic heterocycles. The van der Waals surface area contributed by atoms with Crippen LogP contribution in [0.25, 0.3) is 0 Å². The Morgan fingerprint density at radius 2 is 0.889 bits per heavy atom. The second-order valence-corrected chi connectivity index (χ2v) is 3.76. The molecule has 0 amide bonds. The Labute approximate surface area is 108 Å². The number of hydrogen-bond acceptors (Lipinski definition) is 3. The SMILES string of the molecule is CC(C)O.Oc1ccccc1.Oc1ccccc1. The number of aliphatic hydroxyl groups is 1. The highest BCUT2D eigenvalue weighted by Gasteiger charge is 1.75. The minimum atomic E-state index is -0.167. The lowest BCUT2D eigenvalue weighted by atomic mass is 10.3. The normalized spacial score (nSPS) is 8.67. The van der Waals surface area contributed by atoms with Crippen LogP contribution in [0.4, 0.5) is 0 Å². The molecule has 0 atom stereocenters. The van der Waals surface area contributed by atoms with Crippen LogP contribution in [0.15, 0.2) is 60.7 Å². The molecule has 3 nitrogen and oxygen atoms in total. The third-order valence-corrected chi connectivity index (χ3v) is 1.51. The fourth-order valence-electron chi connectivity index (χ4n) is 0.856. The fraction of sp³-hybridized carbons (Fsp3) is 0.200. The van der Waals surface area contributed by atoms with Crippen LogP contribution in [-0.2, 0) is 0 Å². The van der Waals surface area contributed by atoms with Gasteiger partial charge in [-0.25, -0.2) is 0 Å². The number of rotatable bonds is 0. The first-order valence-electron chi connectivity index (χ1n) is 5.68. The van der Waals surface area contributed by atoms with E-state index in [1.54, 1.807) is 62.4 Å². The summed E-state index contributed by atoms with van der Waals surface area (Å²) in [5.41, 5.74) is 0. The van der Waals surface area contributed by atoms with Crippen molar-refractivity contribution >= 4 is 0 Å². The predicted octanol–water partition coefficient (Wildman–Crippen LogP) is 3.17. The van der Waals surface area contributed by atoms with Crippen molar-refractivity contribution in [2.45, 2.75) is 20.0 Å². The summed E-state index contributed by atoms with van der Waals surface area (Å²) in [6.07, 6.45) is -0.167. The maximum absolute atomic E-state index is 8.63. The topological polar surface area (TPSA) is 60.7 Å². The van der Waals surface area contributed by atoms with Gasteiger partial charge in [-0.2, -0.15) is 0 Å². The number of aliphatic hydroxyl groups excluding tert-OH is 1. The van der Waals surface area contributed by atoms with Crippen LogP contribution >= 0.6 is 0 Å². The monoisotopic (exact) mass is 248 g/mol. The Morgan fingerprint density at radius 3 is 1.00 bits per heavy atom. The minimum absolute atomic E-state index is 0.167. The van der Waals surface area contributed by atoms with Crippen LogP contribution in [0.1, 0.15) is 13.8 Å². The Bertz CT molecular complexity index is 345. The van der Waals surface area contributed by atoms with Gasteiger partial charge >= 0.3 is 0 Å². The standard InChI is InChI=1S/2C6H6O.C3H8O/c2*7-6-4-2-1-3-5-6;1-3(2)4/h2*1-5,7H;3-4H,1-2H3. The van der Waals surface area contributed by atoms with Crippen molar-refractivity contribution in [2.75, 3.05) is 0 Å². The van der Waals surface area contributed by atoms with Gasteiger partial charge in [-0.15, -0.1) is 0 Å². The molecule has 3 heteroatoms. The minimum Gasteiger partial charge on any atom is -0.508 e. The molecule has 2 aromatic rings. The van der Waals surface area contributed by atoms with Crippen LogP contribution in [0.2, 0.25) is 0 Å². The highest BCUT2D eigenvalue weighted by atomic mass is 16.3. The molecular weight excluding hydrogens is 228 g/mol. The lowest BCUT2D eigenvalue weighted by Crippen LogP contribution is -1.85. The Kier molecular flexibility index (Phi) is 9.04. The van der Waals surface area contributed by atoms with E-state index in [1.165, 1.54) is 0 Å². The predicted molar refractivity (Wildman–Crippen MR) is 73.6 cm³/mol. The Morgan fingerprint density at radius 1 is 0.667 bits per heavy atom. The van der Waals surface area contributed by atoms with Gasteiger partial charge in [0.25, 0.3) is 0 Å². The molecule has 0 saturated heterocycles. The van der Waals surface area contributed by atoms with Crippen molar-refractivity contribution in [1.82, 2.24) is 0 Å². The number of phenolic OH excluding ortho intramolecular Hbond substituents is 2. The van der Waals surface area contributed by atoms with E-state index in [1.807, 2.05) is 12.1 Å². The summed E-state index contributed by atoms with van der Waals surface area (Å²) in [5, 5.41) is 25.3. The highest BCUT2D eigenvalue weighted by Crippen LogP contribution is 2.03. The van der Waals surface area contributed by atoms with Gasteiger partial charge in [0, 0.05) is 6.10 Å². The third-order valence-electron chi connectivity index (χ3n) is 1.51. The van der Waals surface area contributed by atoms with Gasteiger partial charge in [-0.1, -0.05) is 36.4 Å². The summed E-state index contributed by atoms with van der Waals surface area (Å²) >= 11 is 0. The van der Waals surface area contributed by atoms with Crippen molar-refractivity contribution in [3.8, 4) is 11.5 Å². The molecule has 18 heavy (non-hydrogen) atoms. The molecule has 0 bridgehead atoms. The van der Waals surface area contributed by atoms with E-state index in [0.29, 0.717) is 11.5 Å². The maximum Gasteiger partial charge on any atom is 0.115 e. The van der Waals surface area contributed by atoms with Crippen LogP contribution < -0.4 is 0 Å². The molecule has 98 valence electrons. The summed E-state index contributed by atoms with van der Waals surface area (Å²) in [4.78, 5) is 0. The third kappa shape index (κ3) is 12.1. The van der Waals surface area contributed by atoms with Gasteiger partial charge in [0.05, 0.1) is 0 Å². The van der Waals surface area contributed by atoms with E-state index in [4.69, 9.17) is 15.3 Å². The van der Waals surface area contributed by atoms with Gasteiger partial charge in [0.2, 0.25) is 0 Å². The molecule has 0 radical (unpaired) electrons. The Hall–Kier alpha value is -2.00. The van der Waals surface area contributed by atoms with Gasteiger partial charge in [-0.3, -0.25) is 0 Å². The second kappa shape index (κ2) is 10.2. The van der Waals surface area contributed by atoms with Crippen molar-refractivity contribution < 1.29 is 15.3 Å². The van der Waals surface area contributed by atoms with E-state index < -0.39 is 0 Å². The molecule has 0 fully saturated rings. The number of phenols is 2. The molecule has 0 saturated carbocycles. The van der Waals surface area contributed by atoms with E-state index in [2.05, 4.69) is 0 Å². The number of para-hydroxylation sites is 2. The molecule has 2 rings (SSSR count). The smallest absolute Gasteiger partial charge is 0.115 e. The Balaban J connectivity index is 0.000000253. The number of hydrogen-bond donors (Lipinski definition) is 3. The first-order valence-corrected chi connectivity index (χ1v) is 5.68. The zero-order chi connectivity index (χ0) is 13.8. The average molecular weight is 248 g/mol. The molecular formula is C15H20O3. The summed E-state index contributed by atoms with van der Waals surface area (Å²) in [6.45, 7) is 3.44. The van der Waals surface area contributed by atoms with E-state index in [-0.39, 0.29) is 6.10 Å². The van der Waals surface area contributed by atoms with E-state index >= 15 is 0 Å². The zero-order valence-electron chi connectivity index (χ0n) is 10.7. The van der Waals surface area contributed by atoms with Crippen LogP contribution in [0.5, 0.6) is 11.5 Å².